The number of ether oxygens (including phenoxy) is 1. The summed E-state index contributed by atoms with van der Waals surface area (Å²) in [6, 6.07) is 11.8. The average Bonchev–Trinajstić information content (AvgIpc) is 2.56. The molecule has 0 saturated heterocycles. The Bertz CT molecular complexity index is 709. The summed E-state index contributed by atoms with van der Waals surface area (Å²) in [5.74, 6) is 0.729. The van der Waals surface area contributed by atoms with Crippen LogP contribution >= 0.6 is 11.6 Å². The molecule has 2 rings (SSSR count). The molecule has 0 bridgehead atoms. The van der Waals surface area contributed by atoms with Gasteiger partial charge < -0.3 is 15.4 Å². The van der Waals surface area contributed by atoms with Gasteiger partial charge in [-0.05, 0) is 36.8 Å². The van der Waals surface area contributed by atoms with Crippen molar-refractivity contribution in [2.45, 2.75) is 12.6 Å². The Morgan fingerprint density at radius 1 is 1.12 bits per heavy atom. The van der Waals surface area contributed by atoms with Gasteiger partial charge >= 0.3 is 12.2 Å². The number of para-hydroxylation sites is 1. The van der Waals surface area contributed by atoms with E-state index < -0.39 is 22.8 Å². The van der Waals surface area contributed by atoms with Crippen LogP contribution in [0.3, 0.4) is 0 Å². The monoisotopic (exact) mass is 372 g/mol. The molecule has 0 aliphatic heterocycles. The van der Waals surface area contributed by atoms with Gasteiger partial charge in [0.15, 0.2) is 0 Å². The minimum atomic E-state index is -4.58. The van der Waals surface area contributed by atoms with E-state index >= 15 is 0 Å². The molecule has 25 heavy (non-hydrogen) atoms. The molecule has 0 fully saturated rings. The maximum Gasteiger partial charge on any atom is 0.417 e. The number of carbonyl (C=O) groups excluding carboxylic acids is 1. The highest BCUT2D eigenvalue weighted by Gasteiger charge is 2.33. The minimum absolute atomic E-state index is 0.00904. The largest absolute Gasteiger partial charge is 0.494 e. The first-order chi connectivity index (χ1) is 11.9. The molecule has 0 aliphatic carbocycles. The number of hydrogen-bond acceptors (Lipinski definition) is 2. The van der Waals surface area contributed by atoms with Crippen LogP contribution in [0.4, 0.5) is 23.7 Å². The van der Waals surface area contributed by atoms with E-state index in [-0.39, 0.29) is 5.69 Å². The minimum Gasteiger partial charge on any atom is -0.494 e. The molecule has 0 saturated carbocycles. The topological polar surface area (TPSA) is 50.4 Å². The van der Waals surface area contributed by atoms with Crippen molar-refractivity contribution in [3.05, 3.63) is 59.1 Å². The van der Waals surface area contributed by atoms with Gasteiger partial charge in [-0.15, -0.1) is 0 Å². The Morgan fingerprint density at radius 3 is 2.52 bits per heavy atom. The second-order valence-electron chi connectivity index (χ2n) is 5.09. The van der Waals surface area contributed by atoms with Crippen LogP contribution in [0.5, 0.6) is 5.75 Å². The zero-order chi connectivity index (χ0) is 18.3. The van der Waals surface area contributed by atoms with Crippen LogP contribution in [0.1, 0.15) is 12.0 Å². The van der Waals surface area contributed by atoms with E-state index in [0.29, 0.717) is 19.6 Å². The number of urea groups is 1. The van der Waals surface area contributed by atoms with Crippen molar-refractivity contribution in [1.82, 2.24) is 5.32 Å². The van der Waals surface area contributed by atoms with Gasteiger partial charge in [-0.25, -0.2) is 4.79 Å². The molecule has 0 atom stereocenters. The number of hydrogen-bond donors (Lipinski definition) is 2. The lowest BCUT2D eigenvalue weighted by molar-refractivity contribution is -0.137. The third-order valence-electron chi connectivity index (χ3n) is 3.15. The van der Waals surface area contributed by atoms with Crippen molar-refractivity contribution in [1.29, 1.82) is 0 Å². The van der Waals surface area contributed by atoms with E-state index in [1.54, 1.807) is 0 Å². The molecule has 2 aromatic rings. The molecule has 0 aliphatic rings. The average molecular weight is 373 g/mol. The van der Waals surface area contributed by atoms with Crippen molar-refractivity contribution in [3.8, 4) is 5.75 Å². The summed E-state index contributed by atoms with van der Waals surface area (Å²) in [6.07, 6.45) is -4.03. The first kappa shape index (κ1) is 18.9. The van der Waals surface area contributed by atoms with Gasteiger partial charge in [0.25, 0.3) is 0 Å². The quantitative estimate of drug-likeness (QED) is 0.705. The molecule has 134 valence electrons. The zero-order valence-electron chi connectivity index (χ0n) is 13.1. The Morgan fingerprint density at radius 2 is 1.84 bits per heavy atom. The van der Waals surface area contributed by atoms with Crippen molar-refractivity contribution < 1.29 is 22.7 Å². The fourth-order valence-electron chi connectivity index (χ4n) is 1.98. The highest BCUT2D eigenvalue weighted by molar-refractivity contribution is 6.31. The summed E-state index contributed by atoms with van der Waals surface area (Å²) in [7, 11) is 0. The summed E-state index contributed by atoms with van der Waals surface area (Å²) < 4.78 is 43.8. The second kappa shape index (κ2) is 8.62. The smallest absolute Gasteiger partial charge is 0.417 e. The standard InChI is InChI=1S/C17H16ClF3N2O2/c18-15-8-7-12(11-14(15)17(19,20)21)23-16(24)22-9-4-10-25-13-5-2-1-3-6-13/h1-3,5-8,11H,4,9-10H2,(H2,22,23,24). The van der Waals surface area contributed by atoms with Crippen LogP contribution in [-0.2, 0) is 6.18 Å². The lowest BCUT2D eigenvalue weighted by Crippen LogP contribution is -2.30. The lowest BCUT2D eigenvalue weighted by Gasteiger charge is -2.12. The van der Waals surface area contributed by atoms with Gasteiger partial charge in [0, 0.05) is 12.2 Å². The normalized spacial score (nSPS) is 11.0. The number of amides is 2. The predicted molar refractivity (Wildman–Crippen MR) is 90.0 cm³/mol. The van der Waals surface area contributed by atoms with Crippen LogP contribution in [-0.4, -0.2) is 19.2 Å². The van der Waals surface area contributed by atoms with E-state index in [1.165, 1.54) is 6.07 Å². The van der Waals surface area contributed by atoms with Crippen molar-refractivity contribution in [2.75, 3.05) is 18.5 Å². The lowest BCUT2D eigenvalue weighted by atomic mass is 10.2. The Balaban J connectivity index is 1.75. The van der Waals surface area contributed by atoms with E-state index in [9.17, 15) is 18.0 Å². The molecular weight excluding hydrogens is 357 g/mol. The molecule has 0 spiro atoms. The number of nitrogens with one attached hydrogen (secondary N) is 2. The first-order valence-corrected chi connectivity index (χ1v) is 7.83. The number of carbonyl (C=O) groups is 1. The molecule has 2 amide bonds. The third kappa shape index (κ3) is 6.19. The van der Waals surface area contributed by atoms with Gasteiger partial charge in [0.05, 0.1) is 17.2 Å². The van der Waals surface area contributed by atoms with Gasteiger partial charge in [-0.3, -0.25) is 0 Å². The van der Waals surface area contributed by atoms with E-state index in [4.69, 9.17) is 16.3 Å². The van der Waals surface area contributed by atoms with Crippen molar-refractivity contribution in [2.24, 2.45) is 0 Å². The van der Waals surface area contributed by atoms with E-state index in [0.717, 1.165) is 17.9 Å². The number of alkyl halides is 3. The molecule has 0 heterocycles. The summed E-state index contributed by atoms with van der Waals surface area (Å²) in [6.45, 7) is 0.724. The molecule has 2 N–H and O–H groups in total. The summed E-state index contributed by atoms with van der Waals surface area (Å²) in [5, 5.41) is 4.47. The molecule has 2 aromatic carbocycles. The SMILES string of the molecule is O=C(NCCCOc1ccccc1)Nc1ccc(Cl)c(C(F)(F)F)c1. The molecular formula is C17H16ClF3N2O2. The van der Waals surface area contributed by atoms with Gasteiger partial charge in [-0.2, -0.15) is 13.2 Å². The Labute approximate surface area is 147 Å². The van der Waals surface area contributed by atoms with Crippen LogP contribution in [0, 0.1) is 0 Å². The maximum atomic E-state index is 12.8. The zero-order valence-corrected chi connectivity index (χ0v) is 13.8. The Hall–Kier alpha value is -2.41. The van der Waals surface area contributed by atoms with Gasteiger partial charge in [0.2, 0.25) is 0 Å². The van der Waals surface area contributed by atoms with Crippen molar-refractivity contribution in [3.63, 3.8) is 0 Å². The van der Waals surface area contributed by atoms with Crippen LogP contribution in [0.15, 0.2) is 48.5 Å². The Kier molecular flexibility index (Phi) is 6.52. The van der Waals surface area contributed by atoms with E-state index in [2.05, 4.69) is 10.6 Å². The third-order valence-corrected chi connectivity index (χ3v) is 3.48. The fourth-order valence-corrected chi connectivity index (χ4v) is 2.20. The molecule has 4 nitrogen and oxygen atoms in total. The molecule has 0 radical (unpaired) electrons. The van der Waals surface area contributed by atoms with Gasteiger partial charge in [-0.1, -0.05) is 29.8 Å². The second-order valence-corrected chi connectivity index (χ2v) is 5.50. The first-order valence-electron chi connectivity index (χ1n) is 7.46. The summed E-state index contributed by atoms with van der Waals surface area (Å²) in [5.41, 5.74) is -0.988. The number of benzene rings is 2. The molecule has 0 unspecified atom stereocenters. The van der Waals surface area contributed by atoms with Crippen LogP contribution < -0.4 is 15.4 Å². The van der Waals surface area contributed by atoms with E-state index in [1.807, 2.05) is 30.3 Å². The maximum absolute atomic E-state index is 12.8. The predicted octanol–water partition coefficient (Wildman–Crippen LogP) is 4.95. The number of anilines is 1. The molecule has 8 heteroatoms. The summed E-state index contributed by atoms with van der Waals surface area (Å²) >= 11 is 5.52. The van der Waals surface area contributed by atoms with Crippen LogP contribution in [0.25, 0.3) is 0 Å². The fraction of sp³-hybridized carbons (Fsp3) is 0.235. The van der Waals surface area contributed by atoms with Gasteiger partial charge in [0.1, 0.15) is 5.75 Å². The highest BCUT2D eigenvalue weighted by atomic mass is 35.5. The highest BCUT2D eigenvalue weighted by Crippen LogP contribution is 2.36. The summed E-state index contributed by atoms with van der Waals surface area (Å²) in [4.78, 5) is 11.7. The van der Waals surface area contributed by atoms with Crippen molar-refractivity contribution >= 4 is 23.3 Å². The van der Waals surface area contributed by atoms with Crippen LogP contribution in [0.2, 0.25) is 5.02 Å². The number of halogens is 4. The molecule has 0 aromatic heterocycles. The number of rotatable bonds is 6.